The average molecular weight is 301 g/mol. The van der Waals surface area contributed by atoms with Crippen LogP contribution in [0.1, 0.15) is 59.9 Å². The number of amides is 1. The van der Waals surface area contributed by atoms with E-state index >= 15 is 0 Å². The molecule has 1 aromatic carbocycles. The maximum Gasteiger partial charge on any atom is 0.270 e. The van der Waals surface area contributed by atoms with Crippen LogP contribution in [0.15, 0.2) is 30.3 Å². The molecule has 2 aromatic rings. The first kappa shape index (κ1) is 14.8. The zero-order valence-corrected chi connectivity index (χ0v) is 12.8. The van der Waals surface area contributed by atoms with Crippen molar-refractivity contribution in [2.24, 2.45) is 7.05 Å². The molecule has 1 saturated carbocycles. The van der Waals surface area contributed by atoms with Gasteiger partial charge in [-0.25, -0.2) is 4.39 Å². The van der Waals surface area contributed by atoms with Crippen LogP contribution in [0.5, 0.6) is 0 Å². The minimum absolute atomic E-state index is 0.132. The number of nitrogens with zero attached hydrogens (tertiary/aromatic N) is 2. The van der Waals surface area contributed by atoms with E-state index < -0.39 is 0 Å². The molecule has 0 saturated heterocycles. The van der Waals surface area contributed by atoms with Gasteiger partial charge in [0.15, 0.2) is 0 Å². The van der Waals surface area contributed by atoms with E-state index in [0.29, 0.717) is 11.6 Å². The predicted molar refractivity (Wildman–Crippen MR) is 82.1 cm³/mol. The first-order valence-electron chi connectivity index (χ1n) is 7.68. The van der Waals surface area contributed by atoms with Gasteiger partial charge in [0.2, 0.25) is 0 Å². The summed E-state index contributed by atoms with van der Waals surface area (Å²) in [7, 11) is 1.79. The lowest BCUT2D eigenvalue weighted by molar-refractivity contribution is 0.0926. The van der Waals surface area contributed by atoms with Gasteiger partial charge in [-0.3, -0.25) is 9.48 Å². The van der Waals surface area contributed by atoms with Crippen LogP contribution in [0.3, 0.4) is 0 Å². The molecule has 22 heavy (non-hydrogen) atoms. The molecule has 1 fully saturated rings. The maximum atomic E-state index is 13.0. The number of aryl methyl sites for hydroxylation is 1. The third-order valence-electron chi connectivity index (χ3n) is 4.11. The molecule has 0 bridgehead atoms. The minimum Gasteiger partial charge on any atom is -0.344 e. The lowest BCUT2D eigenvalue weighted by Gasteiger charge is -2.17. The minimum atomic E-state index is -0.273. The molecule has 0 unspecified atom stereocenters. The van der Waals surface area contributed by atoms with Crippen LogP contribution in [-0.2, 0) is 7.05 Å². The number of nitrogens with one attached hydrogen (secondary N) is 1. The van der Waals surface area contributed by atoms with Gasteiger partial charge >= 0.3 is 0 Å². The average Bonchev–Trinajstić information content (AvgIpc) is 3.28. The van der Waals surface area contributed by atoms with Crippen LogP contribution in [0.4, 0.5) is 4.39 Å². The van der Waals surface area contributed by atoms with Crippen LogP contribution in [0, 0.1) is 5.82 Å². The molecule has 1 aliphatic carbocycles. The molecule has 0 radical (unpaired) electrons. The third-order valence-corrected chi connectivity index (χ3v) is 4.11. The van der Waals surface area contributed by atoms with Gasteiger partial charge < -0.3 is 5.32 Å². The number of hydrogen-bond acceptors (Lipinski definition) is 2. The van der Waals surface area contributed by atoms with Crippen LogP contribution < -0.4 is 5.32 Å². The van der Waals surface area contributed by atoms with Crippen LogP contribution in [-0.4, -0.2) is 15.7 Å². The van der Waals surface area contributed by atoms with E-state index in [0.717, 1.165) is 30.5 Å². The number of rotatable bonds is 5. The Morgan fingerprint density at radius 1 is 1.41 bits per heavy atom. The quantitative estimate of drug-likeness (QED) is 0.921. The van der Waals surface area contributed by atoms with Gasteiger partial charge in [0, 0.05) is 13.0 Å². The Balaban J connectivity index is 1.75. The van der Waals surface area contributed by atoms with Gasteiger partial charge in [0.05, 0.1) is 11.7 Å². The summed E-state index contributed by atoms with van der Waals surface area (Å²) in [6, 6.07) is 8.00. The summed E-state index contributed by atoms with van der Waals surface area (Å²) in [6.07, 6.45) is 3.06. The van der Waals surface area contributed by atoms with E-state index in [-0.39, 0.29) is 17.8 Å². The van der Waals surface area contributed by atoms with Crippen LogP contribution in [0.2, 0.25) is 0 Å². The summed E-state index contributed by atoms with van der Waals surface area (Å²) < 4.78 is 14.7. The molecule has 0 aliphatic heterocycles. The second kappa shape index (κ2) is 5.91. The summed E-state index contributed by atoms with van der Waals surface area (Å²) in [5.74, 6) is 0.107. The molecule has 1 atom stereocenters. The highest BCUT2D eigenvalue weighted by atomic mass is 19.1. The maximum absolute atomic E-state index is 13.0. The Morgan fingerprint density at radius 3 is 2.68 bits per heavy atom. The summed E-state index contributed by atoms with van der Waals surface area (Å²) in [5.41, 5.74) is 2.48. The normalized spacial score (nSPS) is 15.6. The van der Waals surface area contributed by atoms with Crippen LogP contribution in [0.25, 0.3) is 0 Å². The molecule has 1 N–H and O–H groups in total. The van der Waals surface area contributed by atoms with E-state index in [1.54, 1.807) is 23.9 Å². The zero-order chi connectivity index (χ0) is 15.7. The highest BCUT2D eigenvalue weighted by Gasteiger charge is 2.28. The van der Waals surface area contributed by atoms with Gasteiger partial charge in [-0.2, -0.15) is 5.10 Å². The molecule has 116 valence electrons. The standard InChI is InChI=1S/C17H20FN3O/c1-3-14(11-6-8-13(18)9-7-11)19-17(22)16-10-15(12-4-5-12)20-21(16)2/h6-10,12,14H,3-5H2,1-2H3,(H,19,22)/t14-/m1/s1. The Hall–Kier alpha value is -2.17. The van der Waals surface area contributed by atoms with Gasteiger partial charge in [-0.1, -0.05) is 19.1 Å². The number of hydrogen-bond donors (Lipinski definition) is 1. The molecule has 0 spiro atoms. The predicted octanol–water partition coefficient (Wildman–Crippen LogP) is 3.32. The molecule has 1 aromatic heterocycles. The van der Waals surface area contributed by atoms with Crippen molar-refractivity contribution in [1.29, 1.82) is 0 Å². The van der Waals surface area contributed by atoms with E-state index in [1.165, 1.54) is 12.1 Å². The molecular weight excluding hydrogens is 281 g/mol. The third kappa shape index (κ3) is 3.03. The molecule has 3 rings (SSSR count). The molecule has 1 heterocycles. The Labute approximate surface area is 129 Å². The second-order valence-corrected chi connectivity index (χ2v) is 5.84. The van der Waals surface area contributed by atoms with E-state index in [1.807, 2.05) is 13.0 Å². The Kier molecular flexibility index (Phi) is 3.96. The van der Waals surface area contributed by atoms with Crippen molar-refractivity contribution < 1.29 is 9.18 Å². The number of carbonyl (C=O) groups is 1. The number of carbonyl (C=O) groups excluding carboxylic acids is 1. The van der Waals surface area contributed by atoms with Crippen molar-refractivity contribution in [1.82, 2.24) is 15.1 Å². The lowest BCUT2D eigenvalue weighted by atomic mass is 10.0. The van der Waals surface area contributed by atoms with Gasteiger partial charge in [0.25, 0.3) is 5.91 Å². The summed E-state index contributed by atoms with van der Waals surface area (Å²) in [6.45, 7) is 1.99. The highest BCUT2D eigenvalue weighted by Crippen LogP contribution is 2.39. The summed E-state index contributed by atoms with van der Waals surface area (Å²) >= 11 is 0. The Bertz CT molecular complexity index is 674. The molecule has 5 heteroatoms. The van der Waals surface area contributed by atoms with Crippen LogP contribution >= 0.6 is 0 Å². The van der Waals surface area contributed by atoms with Crippen molar-refractivity contribution >= 4 is 5.91 Å². The fourth-order valence-electron chi connectivity index (χ4n) is 2.63. The van der Waals surface area contributed by atoms with Gasteiger partial charge in [0.1, 0.15) is 11.5 Å². The van der Waals surface area contributed by atoms with Crippen molar-refractivity contribution in [3.8, 4) is 0 Å². The van der Waals surface area contributed by atoms with Crippen molar-refractivity contribution in [3.05, 3.63) is 53.1 Å². The van der Waals surface area contributed by atoms with E-state index in [2.05, 4.69) is 10.4 Å². The lowest BCUT2D eigenvalue weighted by Crippen LogP contribution is -2.29. The van der Waals surface area contributed by atoms with E-state index in [4.69, 9.17) is 0 Å². The number of aromatic nitrogens is 2. The smallest absolute Gasteiger partial charge is 0.270 e. The molecule has 1 aliphatic rings. The Morgan fingerprint density at radius 2 is 2.09 bits per heavy atom. The van der Waals surface area contributed by atoms with Crippen molar-refractivity contribution in [2.45, 2.75) is 38.1 Å². The number of benzene rings is 1. The SMILES string of the molecule is CC[C@@H](NC(=O)c1cc(C2CC2)nn1C)c1ccc(F)cc1. The fourth-order valence-corrected chi connectivity index (χ4v) is 2.63. The zero-order valence-electron chi connectivity index (χ0n) is 12.8. The molecule has 4 nitrogen and oxygen atoms in total. The number of halogens is 1. The summed E-state index contributed by atoms with van der Waals surface area (Å²) in [4.78, 5) is 12.5. The fraction of sp³-hybridized carbons (Fsp3) is 0.412. The first-order chi connectivity index (χ1) is 10.6. The highest BCUT2D eigenvalue weighted by molar-refractivity contribution is 5.93. The molecule has 1 amide bonds. The van der Waals surface area contributed by atoms with E-state index in [9.17, 15) is 9.18 Å². The topological polar surface area (TPSA) is 46.9 Å². The summed E-state index contributed by atoms with van der Waals surface area (Å²) in [5, 5.41) is 7.43. The second-order valence-electron chi connectivity index (χ2n) is 5.84. The van der Waals surface area contributed by atoms with Crippen molar-refractivity contribution in [3.63, 3.8) is 0 Å². The molecular formula is C17H20FN3O. The first-order valence-corrected chi connectivity index (χ1v) is 7.68. The van der Waals surface area contributed by atoms with Gasteiger partial charge in [-0.15, -0.1) is 0 Å². The van der Waals surface area contributed by atoms with Crippen molar-refractivity contribution in [2.75, 3.05) is 0 Å². The van der Waals surface area contributed by atoms with Gasteiger partial charge in [-0.05, 0) is 43.0 Å². The largest absolute Gasteiger partial charge is 0.344 e. The monoisotopic (exact) mass is 301 g/mol.